The van der Waals surface area contributed by atoms with Crippen LogP contribution in [0.2, 0.25) is 0 Å². The highest BCUT2D eigenvalue weighted by Crippen LogP contribution is 2.40. The molecule has 0 spiro atoms. The molecule has 8 N–H and O–H groups in total. The Morgan fingerprint density at radius 3 is 1.41 bits per heavy atom. The topological polar surface area (TPSA) is 489 Å². The van der Waals surface area contributed by atoms with Crippen LogP contribution in [0.15, 0.2) is 109 Å². The van der Waals surface area contributed by atoms with Crippen molar-refractivity contribution in [1.29, 1.82) is 0 Å². The van der Waals surface area contributed by atoms with Crippen LogP contribution in [0.4, 0.5) is 58.7 Å². The van der Waals surface area contributed by atoms with Crippen molar-refractivity contribution >= 4 is 114 Å². The summed E-state index contributed by atoms with van der Waals surface area (Å²) in [5.74, 6) is 0.593. The van der Waals surface area contributed by atoms with E-state index in [1.807, 2.05) is 26.8 Å². The number of benzene rings is 1. The minimum absolute atomic E-state index is 0.0413. The predicted octanol–water partition coefficient (Wildman–Crippen LogP) is 12.6. The van der Waals surface area contributed by atoms with E-state index in [4.69, 9.17) is 72.3 Å². The molecule has 0 saturated heterocycles. The lowest BCUT2D eigenvalue weighted by molar-refractivity contribution is -0.141. The number of hydrogen-bond donors (Lipinski definition) is 8. The fourth-order valence-corrected chi connectivity index (χ4v) is 14.8. The summed E-state index contributed by atoms with van der Waals surface area (Å²) < 4.78 is 58.3. The van der Waals surface area contributed by atoms with Crippen molar-refractivity contribution in [3.63, 3.8) is 0 Å². The zero-order chi connectivity index (χ0) is 95.6. The second-order valence-electron chi connectivity index (χ2n) is 29.5. The maximum atomic E-state index is 12.3. The third-order valence-electron chi connectivity index (χ3n) is 21.1. The number of aryl methyl sites for hydroxylation is 4. The van der Waals surface area contributed by atoms with Crippen LogP contribution in [-0.4, -0.2) is 160 Å². The monoisotopic (exact) mass is 1800 g/mol. The van der Waals surface area contributed by atoms with Crippen LogP contribution in [0.5, 0.6) is 11.8 Å². The average molecular weight is 1800 g/mol. The Bertz CT molecular complexity index is 8170. The number of rotatable bonds is 10. The van der Waals surface area contributed by atoms with Gasteiger partial charge in [-0.05, 0) is 115 Å². The molecular weight excluding hydrogens is 1730 g/mol. The number of aldehydes is 1. The zero-order valence-electron chi connectivity index (χ0n) is 71.4. The van der Waals surface area contributed by atoms with Gasteiger partial charge < -0.3 is 50.3 Å². The first-order valence-electron chi connectivity index (χ1n) is 40.4. The van der Waals surface area contributed by atoms with Gasteiger partial charge in [-0.15, -0.1) is 0 Å². The molecule has 3 aliphatic carbocycles. The number of aromatic nitrogens is 24. The number of carbonyl (C=O) groups excluding carboxylic acids is 1. The van der Waals surface area contributed by atoms with Gasteiger partial charge in [0.15, 0.2) is 62.9 Å². The highest BCUT2D eigenvalue weighted by molar-refractivity contribution is 5.89. The lowest BCUT2D eigenvalue weighted by Crippen LogP contribution is -2.24. The normalized spacial score (nSPS) is 12.2. The van der Waals surface area contributed by atoms with Gasteiger partial charge in [0.1, 0.15) is 12.3 Å². The molecule has 47 heteroatoms. The number of alkyl halides is 3. The zero-order valence-corrected chi connectivity index (χ0v) is 71.4. The summed E-state index contributed by atoms with van der Waals surface area (Å²) in [5.41, 5.74) is 9.24. The van der Waals surface area contributed by atoms with Crippen LogP contribution in [0.3, 0.4) is 0 Å². The molecular formula is C86H73F3N32O12. The molecule has 0 aliphatic heterocycles. The number of aliphatic hydroxyl groups is 1. The van der Waals surface area contributed by atoms with E-state index in [1.54, 1.807) is 61.3 Å². The number of nitrogens with zero attached hydrogens (tertiary/aromatic N) is 26. The molecule has 3 aliphatic rings. The summed E-state index contributed by atoms with van der Waals surface area (Å²) in [4.78, 5) is 152. The lowest BCUT2D eigenvalue weighted by Gasteiger charge is -2.19. The van der Waals surface area contributed by atoms with E-state index >= 15 is 0 Å². The van der Waals surface area contributed by atoms with Gasteiger partial charge in [-0.1, -0.05) is 39.8 Å². The highest BCUT2D eigenvalue weighted by Gasteiger charge is 2.35. The maximum absolute atomic E-state index is 12.3. The molecule has 44 nitrogen and oxygen atoms in total. The second kappa shape index (κ2) is 39.3. The number of carbonyl (C=O) groups is 2. The van der Waals surface area contributed by atoms with Crippen LogP contribution in [0, 0.1) is 66.4 Å². The number of carboxylic acids is 1. The molecule has 1 saturated carbocycles. The molecule has 1 fully saturated rings. The van der Waals surface area contributed by atoms with Crippen LogP contribution in [-0.2, 0) is 44.7 Å². The van der Waals surface area contributed by atoms with Gasteiger partial charge in [-0.3, -0.25) is 33.6 Å². The van der Waals surface area contributed by atoms with Crippen molar-refractivity contribution in [2.75, 3.05) is 20.3 Å². The molecule has 0 unspecified atom stereocenters. The summed E-state index contributed by atoms with van der Waals surface area (Å²) in [6.07, 6.45) is 18.3. The molecule has 1 aromatic carbocycles. The van der Waals surface area contributed by atoms with E-state index in [-0.39, 0.29) is 98.7 Å². The first kappa shape index (κ1) is 92.3. The number of nitrogens with one attached hydrogen (secondary N) is 6. The van der Waals surface area contributed by atoms with Crippen molar-refractivity contribution in [3.8, 4) is 11.8 Å². The second-order valence-corrected chi connectivity index (χ2v) is 29.5. The molecule has 17 aromatic rings. The van der Waals surface area contributed by atoms with Crippen molar-refractivity contribution in [2.24, 2.45) is 0 Å². The molecule has 16 aromatic heterocycles. The van der Waals surface area contributed by atoms with E-state index in [2.05, 4.69) is 119 Å². The Hall–Kier alpha value is -18.3. The number of ether oxygens (including phenoxy) is 2. The van der Waals surface area contributed by atoms with E-state index in [1.165, 1.54) is 55.2 Å². The van der Waals surface area contributed by atoms with Gasteiger partial charge in [0.2, 0.25) is 57.3 Å². The standard InChI is InChI=1S/C13H14N4O2.C12H12N4O.C11H10N4O.C11H6N4O.C11H12N4O.C10H8N4O3.C10H8N4O2.C8H3F3N4O/c1-14-11-8-15-17-12(11)16-10-5-3-2-4-9(10)13(17)19-7-6-18;1-13-10-7-14-16-11(10)15-9-6-4-3-5-8(9)12(16)17-2;1-6-9(7-3-4-7)11(16)15-10(14-6)8(12-2)5-13-15;1-12-9-6-13-15-10(9)14-8-5-3-2-4-7(8)11(15)16;1-6(2)9-7(3)14-10-8(12-4)5-13-15(10)11(9)16;1-3-5-7(10(16)17)13-8-6(11-2)4-12-14(8)9(5)15;1-3-6-8(5-15)13-9-7(11-2)4-12-14(9)10(6)16;1-12-4-3-13-15-6(16)2-5(8(9,10)11)14-7(4)15/h8,18H,2-7H2;7H,3-6H2,2H3;5,7,13H,3-4H2,1H3;2-6,13H;5-6,13H,1-3H3;4,12H,3H2,1H3,(H,16,17);4-5,12H,3H2,1H3;2-3,13H. The number of aliphatic hydroxyl groups excluding tert-OH is 1. The fourth-order valence-electron chi connectivity index (χ4n) is 14.8. The number of aromatic amines is 6. The molecule has 0 radical (unpaired) electrons. The maximum Gasteiger partial charge on any atom is 0.433 e. The Balaban J connectivity index is 0.000000129. The van der Waals surface area contributed by atoms with Crippen LogP contribution >= 0.6 is 0 Å². The summed E-state index contributed by atoms with van der Waals surface area (Å²) in [6.45, 7) is 66.8. The van der Waals surface area contributed by atoms with Gasteiger partial charge in [-0.25, -0.2) is 111 Å². The highest BCUT2D eigenvalue weighted by atomic mass is 19.4. The molecule has 0 bridgehead atoms. The summed E-state index contributed by atoms with van der Waals surface area (Å²) in [7, 11) is 1.64. The molecule has 16 heterocycles. The van der Waals surface area contributed by atoms with E-state index in [0.717, 1.165) is 119 Å². The van der Waals surface area contributed by atoms with Crippen LogP contribution in [0.25, 0.3) is 94.8 Å². The number of aromatic carboxylic acids is 1. The van der Waals surface area contributed by atoms with E-state index in [9.17, 15) is 51.5 Å². The van der Waals surface area contributed by atoms with E-state index < -0.39 is 29.0 Å². The van der Waals surface area contributed by atoms with Gasteiger partial charge in [0.05, 0.1) is 95.2 Å². The van der Waals surface area contributed by atoms with Gasteiger partial charge in [-0.2, -0.15) is 32.4 Å². The summed E-state index contributed by atoms with van der Waals surface area (Å²) in [5, 5.41) is 42.7. The Morgan fingerprint density at radius 2 is 0.947 bits per heavy atom. The first-order valence-corrected chi connectivity index (χ1v) is 40.4. The lowest BCUT2D eigenvalue weighted by atomic mass is 9.97. The minimum atomic E-state index is -4.70. The molecule has 0 amide bonds. The van der Waals surface area contributed by atoms with Crippen LogP contribution < -0.4 is 42.8 Å². The Kier molecular flexibility index (Phi) is 27.3. The number of methoxy groups -OCH3 is 1. The number of halogens is 3. The molecule has 670 valence electrons. The van der Waals surface area contributed by atoms with Crippen molar-refractivity contribution < 1.29 is 42.4 Å². The predicted molar refractivity (Wildman–Crippen MR) is 473 cm³/mol. The van der Waals surface area contributed by atoms with Crippen molar-refractivity contribution in [2.45, 2.75) is 137 Å². The molecule has 0 atom stereocenters. The van der Waals surface area contributed by atoms with Gasteiger partial charge in [0.25, 0.3) is 33.4 Å². The third-order valence-corrected chi connectivity index (χ3v) is 21.1. The minimum Gasteiger partial charge on any atom is -0.481 e. The largest absolute Gasteiger partial charge is 0.481 e. The quantitative estimate of drug-likeness (QED) is 0.0465. The van der Waals surface area contributed by atoms with Crippen LogP contribution in [0.1, 0.15) is 161 Å². The number of fused-ring (bicyclic) bond motifs is 11. The Labute approximate surface area is 745 Å². The number of carboxylic acid groups (broad SMARTS) is 1. The third kappa shape index (κ3) is 18.1. The smallest absolute Gasteiger partial charge is 0.433 e. The number of para-hydroxylation sites is 1. The summed E-state index contributed by atoms with van der Waals surface area (Å²) in [6, 6.07) is 7.45. The van der Waals surface area contributed by atoms with E-state index in [0.29, 0.717) is 115 Å². The van der Waals surface area contributed by atoms with Gasteiger partial charge >= 0.3 is 12.1 Å². The SMILES string of the molecule is [C-]#[N+]c1c[nH]n2c(=O)c(C(C)C)c(C)nc12.[C-]#[N+]c1c[nH]n2c(=O)c(C3CC3)c(C)nc12.[C-]#[N+]c1c[nH]n2c(=O)c(CC)c(C(=O)O)nc12.[C-]#[N+]c1c[nH]n2c(=O)c(CC)c(C=O)nc12.[C-]#[N+]c1c[nH]n2c(=O)c3ccccc3nc12.[C-]#[N+]c1c[nH]n2c(=O)cc(C(F)(F)F)nc12.[C-]#[N+]c1cnn2c(OC)c3c(nc12)CCCC3.[C-]#[N+]c1cnn2c(OCCO)c3c(nc12)CCCC3. The van der Waals surface area contributed by atoms with Crippen molar-refractivity contribution in [3.05, 3.63) is 307 Å². The molecule has 20 rings (SSSR count). The fraction of sp³-hybridized carbons (Fsp3) is 0.279. The number of H-pyrrole nitrogens is 6. The Morgan fingerprint density at radius 1 is 0.526 bits per heavy atom. The average Bonchev–Trinajstić information content (AvgIpc) is 1.61. The first-order chi connectivity index (χ1) is 64.0. The molecule has 133 heavy (non-hydrogen) atoms. The summed E-state index contributed by atoms with van der Waals surface area (Å²) >= 11 is 0. The van der Waals surface area contributed by atoms with Gasteiger partial charge in [0, 0.05) is 93.8 Å². The van der Waals surface area contributed by atoms with Crippen molar-refractivity contribution in [1.82, 2.24) is 117 Å². The number of hydrogen-bond acceptors (Lipinski definition) is 21.